The van der Waals surface area contributed by atoms with Crippen LogP contribution in [0.4, 0.5) is 5.82 Å². The van der Waals surface area contributed by atoms with Gasteiger partial charge in [-0.2, -0.15) is 0 Å². The maximum atomic E-state index is 11.8. The van der Waals surface area contributed by atoms with Crippen molar-refractivity contribution in [2.45, 2.75) is 19.9 Å². The fourth-order valence-corrected chi connectivity index (χ4v) is 1.68. The van der Waals surface area contributed by atoms with Gasteiger partial charge in [-0.3, -0.25) is 4.79 Å². The molecule has 1 aromatic heterocycles. The van der Waals surface area contributed by atoms with Crippen molar-refractivity contribution >= 4 is 22.5 Å². The van der Waals surface area contributed by atoms with Gasteiger partial charge in [-0.1, -0.05) is 24.3 Å². The third-order valence-corrected chi connectivity index (χ3v) is 2.42. The Bertz CT molecular complexity index is 564. The van der Waals surface area contributed by atoms with Crippen LogP contribution in [-0.2, 0) is 0 Å². The van der Waals surface area contributed by atoms with Crippen molar-refractivity contribution in [1.29, 1.82) is 0 Å². The number of carbonyl (C=O) groups excluding carboxylic acids is 1. The van der Waals surface area contributed by atoms with Gasteiger partial charge in [-0.15, -0.1) is 0 Å². The monoisotopic (exact) mass is 229 g/mol. The first-order valence-electron chi connectivity index (χ1n) is 5.54. The third kappa shape index (κ3) is 2.36. The number of amides is 1. The lowest BCUT2D eigenvalue weighted by atomic mass is 10.1. The van der Waals surface area contributed by atoms with Crippen molar-refractivity contribution in [3.63, 3.8) is 0 Å². The summed E-state index contributed by atoms with van der Waals surface area (Å²) >= 11 is 0. The molecule has 2 aromatic rings. The maximum absolute atomic E-state index is 11.8. The Balaban J connectivity index is 2.46. The van der Waals surface area contributed by atoms with E-state index in [0.29, 0.717) is 11.5 Å². The quantitative estimate of drug-likeness (QED) is 0.827. The van der Waals surface area contributed by atoms with Crippen LogP contribution in [0.1, 0.15) is 24.3 Å². The minimum absolute atomic E-state index is 0.0806. The highest BCUT2D eigenvalue weighted by Crippen LogP contribution is 2.19. The highest BCUT2D eigenvalue weighted by atomic mass is 16.1. The standard InChI is InChI=1S/C13H15N3O/c1-8(2)15-13(17)11-7-9-5-3-4-6-10(9)12(14)16-11/h3-8H,1-2H3,(H2,14,16)(H,15,17). The molecule has 4 nitrogen and oxygen atoms in total. The highest BCUT2D eigenvalue weighted by Gasteiger charge is 2.11. The molecule has 0 fully saturated rings. The van der Waals surface area contributed by atoms with Crippen molar-refractivity contribution in [3.8, 4) is 0 Å². The number of nitrogens with zero attached hydrogens (tertiary/aromatic N) is 1. The number of carbonyl (C=O) groups is 1. The molecular formula is C13H15N3O. The lowest BCUT2D eigenvalue weighted by Crippen LogP contribution is -2.30. The molecule has 2 rings (SSSR count). The first kappa shape index (κ1) is 11.4. The summed E-state index contributed by atoms with van der Waals surface area (Å²) in [6.45, 7) is 3.81. The summed E-state index contributed by atoms with van der Waals surface area (Å²) in [5.41, 5.74) is 6.19. The van der Waals surface area contributed by atoms with E-state index in [9.17, 15) is 4.79 Å². The summed E-state index contributed by atoms with van der Waals surface area (Å²) in [6.07, 6.45) is 0. The number of fused-ring (bicyclic) bond motifs is 1. The number of benzene rings is 1. The molecule has 0 aliphatic rings. The molecule has 4 heteroatoms. The molecule has 0 radical (unpaired) electrons. The van der Waals surface area contributed by atoms with Gasteiger partial charge in [0.15, 0.2) is 0 Å². The second kappa shape index (κ2) is 4.41. The van der Waals surface area contributed by atoms with E-state index in [1.54, 1.807) is 6.07 Å². The zero-order valence-corrected chi connectivity index (χ0v) is 9.90. The third-order valence-electron chi connectivity index (χ3n) is 2.42. The van der Waals surface area contributed by atoms with Crippen LogP contribution in [0.3, 0.4) is 0 Å². The minimum atomic E-state index is -0.197. The van der Waals surface area contributed by atoms with Gasteiger partial charge in [-0.05, 0) is 25.3 Å². The molecule has 3 N–H and O–H groups in total. The predicted molar refractivity (Wildman–Crippen MR) is 68.8 cm³/mol. The van der Waals surface area contributed by atoms with E-state index in [4.69, 9.17) is 5.73 Å². The van der Waals surface area contributed by atoms with Gasteiger partial charge >= 0.3 is 0 Å². The van der Waals surface area contributed by atoms with Crippen LogP contribution in [-0.4, -0.2) is 16.9 Å². The Morgan fingerprint density at radius 1 is 1.35 bits per heavy atom. The number of hydrogen-bond acceptors (Lipinski definition) is 3. The van der Waals surface area contributed by atoms with E-state index in [1.807, 2.05) is 38.1 Å². The molecule has 0 saturated heterocycles. The van der Waals surface area contributed by atoms with Crippen molar-refractivity contribution in [2.75, 3.05) is 5.73 Å². The molecule has 1 heterocycles. The fourth-order valence-electron chi connectivity index (χ4n) is 1.68. The second-order valence-electron chi connectivity index (χ2n) is 4.24. The summed E-state index contributed by atoms with van der Waals surface area (Å²) in [7, 11) is 0. The maximum Gasteiger partial charge on any atom is 0.270 e. The number of aromatic nitrogens is 1. The van der Waals surface area contributed by atoms with Gasteiger partial charge in [0.2, 0.25) is 0 Å². The fraction of sp³-hybridized carbons (Fsp3) is 0.231. The first-order valence-corrected chi connectivity index (χ1v) is 5.54. The molecule has 1 aromatic carbocycles. The number of pyridine rings is 1. The summed E-state index contributed by atoms with van der Waals surface area (Å²) in [6, 6.07) is 9.45. The molecule has 0 saturated carbocycles. The first-order chi connectivity index (χ1) is 8.08. The van der Waals surface area contributed by atoms with Gasteiger partial charge in [0.25, 0.3) is 5.91 Å². The van der Waals surface area contributed by atoms with Gasteiger partial charge in [0.05, 0.1) is 0 Å². The van der Waals surface area contributed by atoms with Crippen LogP contribution in [0.25, 0.3) is 10.8 Å². The molecule has 0 bridgehead atoms. The normalized spacial score (nSPS) is 10.8. The average molecular weight is 229 g/mol. The summed E-state index contributed by atoms with van der Waals surface area (Å²) in [5.74, 6) is 0.189. The molecule has 0 aliphatic heterocycles. The Labute approximate surface area is 99.8 Å². The summed E-state index contributed by atoms with van der Waals surface area (Å²) < 4.78 is 0. The largest absolute Gasteiger partial charge is 0.383 e. The lowest BCUT2D eigenvalue weighted by Gasteiger charge is -2.09. The second-order valence-corrected chi connectivity index (χ2v) is 4.24. The van der Waals surface area contributed by atoms with Crippen LogP contribution >= 0.6 is 0 Å². The van der Waals surface area contributed by atoms with Crippen molar-refractivity contribution in [2.24, 2.45) is 0 Å². The summed E-state index contributed by atoms with van der Waals surface area (Å²) in [4.78, 5) is 15.9. The SMILES string of the molecule is CC(C)NC(=O)c1cc2ccccc2c(N)n1. The molecule has 0 spiro atoms. The number of nitrogens with two attached hydrogens (primary N) is 1. The van der Waals surface area contributed by atoms with Gasteiger partial charge < -0.3 is 11.1 Å². The molecule has 0 unspecified atom stereocenters. The zero-order valence-electron chi connectivity index (χ0n) is 9.90. The van der Waals surface area contributed by atoms with Crippen LogP contribution in [0, 0.1) is 0 Å². The van der Waals surface area contributed by atoms with Crippen LogP contribution in [0.2, 0.25) is 0 Å². The van der Waals surface area contributed by atoms with Gasteiger partial charge in [-0.25, -0.2) is 4.98 Å². The van der Waals surface area contributed by atoms with E-state index in [2.05, 4.69) is 10.3 Å². The Morgan fingerprint density at radius 3 is 2.76 bits per heavy atom. The van der Waals surface area contributed by atoms with E-state index in [1.165, 1.54) is 0 Å². The smallest absolute Gasteiger partial charge is 0.270 e. The van der Waals surface area contributed by atoms with Crippen molar-refractivity contribution < 1.29 is 4.79 Å². The van der Waals surface area contributed by atoms with Crippen LogP contribution in [0.5, 0.6) is 0 Å². The van der Waals surface area contributed by atoms with Gasteiger partial charge in [0.1, 0.15) is 11.5 Å². The number of rotatable bonds is 2. The number of nitrogen functional groups attached to an aromatic ring is 1. The van der Waals surface area contributed by atoms with Crippen LogP contribution in [0.15, 0.2) is 30.3 Å². The van der Waals surface area contributed by atoms with Gasteiger partial charge in [0, 0.05) is 11.4 Å². The lowest BCUT2D eigenvalue weighted by molar-refractivity contribution is 0.0938. The molecule has 0 aliphatic carbocycles. The summed E-state index contributed by atoms with van der Waals surface area (Å²) in [5, 5.41) is 4.59. The van der Waals surface area contributed by atoms with E-state index in [0.717, 1.165) is 10.8 Å². The highest BCUT2D eigenvalue weighted by molar-refractivity contribution is 5.99. The molecule has 1 amide bonds. The Hall–Kier alpha value is -2.10. The topological polar surface area (TPSA) is 68.0 Å². The number of hydrogen-bond donors (Lipinski definition) is 2. The van der Waals surface area contributed by atoms with Crippen molar-refractivity contribution in [1.82, 2.24) is 10.3 Å². The molecular weight excluding hydrogens is 214 g/mol. The van der Waals surface area contributed by atoms with Crippen molar-refractivity contribution in [3.05, 3.63) is 36.0 Å². The zero-order chi connectivity index (χ0) is 12.4. The van der Waals surface area contributed by atoms with E-state index >= 15 is 0 Å². The van der Waals surface area contributed by atoms with E-state index < -0.39 is 0 Å². The molecule has 17 heavy (non-hydrogen) atoms. The predicted octanol–water partition coefficient (Wildman–Crippen LogP) is 1.96. The Morgan fingerprint density at radius 2 is 2.06 bits per heavy atom. The molecule has 0 atom stereocenters. The molecule has 88 valence electrons. The number of nitrogens with one attached hydrogen (secondary N) is 1. The van der Waals surface area contributed by atoms with E-state index in [-0.39, 0.29) is 11.9 Å². The van der Waals surface area contributed by atoms with Crippen LogP contribution < -0.4 is 11.1 Å². The minimum Gasteiger partial charge on any atom is -0.383 e. The Kier molecular flexibility index (Phi) is 2.95. The number of anilines is 1. The average Bonchev–Trinajstić information content (AvgIpc) is 2.28.